The number of rotatable bonds is 5. The summed E-state index contributed by atoms with van der Waals surface area (Å²) in [5.41, 5.74) is 1.57. The SMILES string of the molecule is O=C1CC(=O)Nc2cc(S(=O)(=O)NCCc3ccc(Cl)cc3)ccc2N1. The Morgan fingerprint density at radius 2 is 1.62 bits per heavy atom. The lowest BCUT2D eigenvalue weighted by Crippen LogP contribution is -2.26. The second-order valence-electron chi connectivity index (χ2n) is 5.75. The molecular formula is C17H16ClN3O4S. The molecule has 1 aliphatic heterocycles. The fraction of sp³-hybridized carbons (Fsp3) is 0.176. The van der Waals surface area contributed by atoms with E-state index < -0.39 is 21.8 Å². The van der Waals surface area contributed by atoms with Crippen LogP contribution in [-0.4, -0.2) is 26.8 Å². The Morgan fingerprint density at radius 1 is 0.962 bits per heavy atom. The van der Waals surface area contributed by atoms with Gasteiger partial charge in [-0.3, -0.25) is 9.59 Å². The summed E-state index contributed by atoms with van der Waals surface area (Å²) in [4.78, 5) is 23.2. The zero-order chi connectivity index (χ0) is 18.7. The van der Waals surface area contributed by atoms with Gasteiger partial charge in [0, 0.05) is 11.6 Å². The van der Waals surface area contributed by atoms with Crippen molar-refractivity contribution in [1.82, 2.24) is 4.72 Å². The largest absolute Gasteiger partial charge is 0.324 e. The summed E-state index contributed by atoms with van der Waals surface area (Å²) in [5.74, 6) is -0.940. The number of halogens is 1. The van der Waals surface area contributed by atoms with Crippen molar-refractivity contribution in [3.63, 3.8) is 0 Å². The predicted molar refractivity (Wildman–Crippen MR) is 98.7 cm³/mol. The molecule has 2 aromatic rings. The van der Waals surface area contributed by atoms with E-state index in [-0.39, 0.29) is 23.5 Å². The van der Waals surface area contributed by atoms with Crippen LogP contribution in [0.1, 0.15) is 12.0 Å². The number of amides is 2. The van der Waals surface area contributed by atoms with E-state index >= 15 is 0 Å². The maximum absolute atomic E-state index is 12.5. The first-order valence-electron chi connectivity index (χ1n) is 7.81. The van der Waals surface area contributed by atoms with Gasteiger partial charge in [0.25, 0.3) is 0 Å². The number of nitrogens with one attached hydrogen (secondary N) is 3. The number of anilines is 2. The monoisotopic (exact) mass is 393 g/mol. The molecule has 0 spiro atoms. The van der Waals surface area contributed by atoms with Crippen LogP contribution in [-0.2, 0) is 26.0 Å². The second kappa shape index (κ2) is 7.45. The Balaban J connectivity index is 1.72. The molecule has 136 valence electrons. The first-order valence-corrected chi connectivity index (χ1v) is 9.67. The third-order valence-electron chi connectivity index (χ3n) is 3.79. The van der Waals surface area contributed by atoms with Gasteiger partial charge in [-0.1, -0.05) is 23.7 Å². The van der Waals surface area contributed by atoms with Crippen LogP contribution < -0.4 is 15.4 Å². The zero-order valence-electron chi connectivity index (χ0n) is 13.6. The molecule has 1 heterocycles. The first-order chi connectivity index (χ1) is 12.3. The molecule has 9 heteroatoms. The second-order valence-corrected chi connectivity index (χ2v) is 7.96. The molecule has 0 radical (unpaired) electrons. The van der Waals surface area contributed by atoms with Gasteiger partial charge in [0.05, 0.1) is 16.3 Å². The normalized spacial score (nSPS) is 14.2. The van der Waals surface area contributed by atoms with Crippen molar-refractivity contribution in [1.29, 1.82) is 0 Å². The van der Waals surface area contributed by atoms with E-state index in [1.165, 1.54) is 18.2 Å². The van der Waals surface area contributed by atoms with E-state index in [1.807, 2.05) is 12.1 Å². The molecule has 0 fully saturated rings. The number of fused-ring (bicyclic) bond motifs is 1. The van der Waals surface area contributed by atoms with E-state index in [0.29, 0.717) is 17.1 Å². The lowest BCUT2D eigenvalue weighted by Gasteiger charge is -2.11. The Hall–Kier alpha value is -2.42. The molecule has 0 saturated carbocycles. The molecule has 0 saturated heterocycles. The van der Waals surface area contributed by atoms with E-state index in [4.69, 9.17) is 11.6 Å². The summed E-state index contributed by atoms with van der Waals surface area (Å²) in [5, 5.41) is 5.70. The summed E-state index contributed by atoms with van der Waals surface area (Å²) in [6.45, 7) is 0.212. The van der Waals surface area contributed by atoms with Crippen molar-refractivity contribution in [3.05, 3.63) is 53.1 Å². The van der Waals surface area contributed by atoms with E-state index in [1.54, 1.807) is 12.1 Å². The molecule has 0 aromatic heterocycles. The Morgan fingerprint density at radius 3 is 2.31 bits per heavy atom. The highest BCUT2D eigenvalue weighted by atomic mass is 35.5. The minimum Gasteiger partial charge on any atom is -0.324 e. The highest BCUT2D eigenvalue weighted by Gasteiger charge is 2.21. The van der Waals surface area contributed by atoms with Gasteiger partial charge in [0.2, 0.25) is 21.8 Å². The molecule has 3 N–H and O–H groups in total. The van der Waals surface area contributed by atoms with Gasteiger partial charge in [0.15, 0.2) is 0 Å². The molecule has 7 nitrogen and oxygen atoms in total. The predicted octanol–water partition coefficient (Wildman–Crippen LogP) is 2.14. The first kappa shape index (κ1) is 18.4. The molecule has 2 amide bonds. The minimum atomic E-state index is -3.76. The van der Waals surface area contributed by atoms with Crippen LogP contribution in [0.5, 0.6) is 0 Å². The average Bonchev–Trinajstić information content (AvgIpc) is 2.72. The standard InChI is InChI=1S/C17H16ClN3O4S/c18-12-3-1-11(2-4-12)7-8-19-26(24,25)13-5-6-14-15(9-13)21-17(23)10-16(22)20-14/h1-6,9,19H,7-8,10H2,(H,20,22)(H,21,23). The number of carbonyl (C=O) groups excluding carboxylic acids is 2. The van der Waals surface area contributed by atoms with Gasteiger partial charge in [-0.2, -0.15) is 0 Å². The van der Waals surface area contributed by atoms with Crippen molar-refractivity contribution in [2.45, 2.75) is 17.7 Å². The van der Waals surface area contributed by atoms with Crippen molar-refractivity contribution in [2.24, 2.45) is 0 Å². The summed E-state index contributed by atoms with van der Waals surface area (Å²) in [6, 6.07) is 11.3. The zero-order valence-corrected chi connectivity index (χ0v) is 15.2. The van der Waals surface area contributed by atoms with Gasteiger partial charge >= 0.3 is 0 Å². The smallest absolute Gasteiger partial charge is 0.240 e. The van der Waals surface area contributed by atoms with E-state index in [9.17, 15) is 18.0 Å². The summed E-state index contributed by atoms with van der Waals surface area (Å²) < 4.78 is 27.4. The third kappa shape index (κ3) is 4.40. The van der Waals surface area contributed by atoms with Crippen LogP contribution >= 0.6 is 11.6 Å². The van der Waals surface area contributed by atoms with Gasteiger partial charge in [0.1, 0.15) is 6.42 Å². The van der Waals surface area contributed by atoms with Gasteiger partial charge < -0.3 is 10.6 Å². The maximum Gasteiger partial charge on any atom is 0.240 e. The third-order valence-corrected chi connectivity index (χ3v) is 5.50. The number of hydrogen-bond donors (Lipinski definition) is 3. The van der Waals surface area contributed by atoms with Crippen molar-refractivity contribution < 1.29 is 18.0 Å². The lowest BCUT2D eigenvalue weighted by molar-refractivity contribution is -0.123. The molecular weight excluding hydrogens is 378 g/mol. The van der Waals surface area contributed by atoms with Crippen molar-refractivity contribution in [3.8, 4) is 0 Å². The van der Waals surface area contributed by atoms with Gasteiger partial charge in [-0.25, -0.2) is 13.1 Å². The Kier molecular flexibility index (Phi) is 5.26. The van der Waals surface area contributed by atoms with E-state index in [0.717, 1.165) is 5.56 Å². The van der Waals surface area contributed by atoms with Crippen LogP contribution in [0, 0.1) is 0 Å². The minimum absolute atomic E-state index is 0.00352. The highest BCUT2D eigenvalue weighted by Crippen LogP contribution is 2.27. The Bertz CT molecular complexity index is 958. The van der Waals surface area contributed by atoms with Crippen LogP contribution in [0.2, 0.25) is 5.02 Å². The number of carbonyl (C=O) groups is 2. The van der Waals surface area contributed by atoms with Crippen LogP contribution in [0.4, 0.5) is 11.4 Å². The lowest BCUT2D eigenvalue weighted by atomic mass is 10.2. The summed E-state index contributed by atoms with van der Waals surface area (Å²) >= 11 is 5.82. The molecule has 1 aliphatic rings. The van der Waals surface area contributed by atoms with Crippen LogP contribution in [0.15, 0.2) is 47.4 Å². The molecule has 0 bridgehead atoms. The summed E-state index contributed by atoms with van der Waals surface area (Å²) in [6.07, 6.45) is 0.199. The maximum atomic E-state index is 12.5. The quantitative estimate of drug-likeness (QED) is 0.677. The number of benzene rings is 2. The molecule has 26 heavy (non-hydrogen) atoms. The number of sulfonamides is 1. The van der Waals surface area contributed by atoms with Gasteiger partial charge in [-0.05, 0) is 42.3 Å². The topological polar surface area (TPSA) is 104 Å². The van der Waals surface area contributed by atoms with Crippen LogP contribution in [0.3, 0.4) is 0 Å². The van der Waals surface area contributed by atoms with Gasteiger partial charge in [-0.15, -0.1) is 0 Å². The molecule has 0 aliphatic carbocycles. The summed E-state index contributed by atoms with van der Waals surface area (Å²) in [7, 11) is -3.76. The molecule has 3 rings (SSSR count). The molecule has 0 atom stereocenters. The van der Waals surface area contributed by atoms with Crippen molar-refractivity contribution in [2.75, 3.05) is 17.2 Å². The Labute approximate surface area is 155 Å². The van der Waals surface area contributed by atoms with E-state index in [2.05, 4.69) is 15.4 Å². The highest BCUT2D eigenvalue weighted by molar-refractivity contribution is 7.89. The fourth-order valence-electron chi connectivity index (χ4n) is 2.50. The van der Waals surface area contributed by atoms with Crippen molar-refractivity contribution >= 4 is 44.8 Å². The average molecular weight is 394 g/mol. The fourth-order valence-corrected chi connectivity index (χ4v) is 3.69. The number of hydrogen-bond acceptors (Lipinski definition) is 4. The molecule has 2 aromatic carbocycles. The van der Waals surface area contributed by atoms with Crippen LogP contribution in [0.25, 0.3) is 0 Å². The molecule has 0 unspecified atom stereocenters.